The van der Waals surface area contributed by atoms with Crippen molar-refractivity contribution < 1.29 is 12.8 Å². The fourth-order valence-corrected chi connectivity index (χ4v) is 4.93. The van der Waals surface area contributed by atoms with Gasteiger partial charge in [-0.1, -0.05) is 31.3 Å². The third kappa shape index (κ3) is 3.52. The van der Waals surface area contributed by atoms with E-state index >= 15 is 0 Å². The van der Waals surface area contributed by atoms with E-state index in [9.17, 15) is 12.8 Å². The molecule has 0 aliphatic heterocycles. The Labute approximate surface area is 150 Å². The fourth-order valence-electron chi connectivity index (χ4n) is 2.59. The third-order valence-corrected chi connectivity index (χ3v) is 6.44. The van der Waals surface area contributed by atoms with Gasteiger partial charge in [0.25, 0.3) is 10.0 Å². The second kappa shape index (κ2) is 6.72. The average molecular weight is 378 g/mol. The van der Waals surface area contributed by atoms with E-state index in [1.807, 2.05) is 17.6 Å². The molecule has 0 N–H and O–H groups in total. The van der Waals surface area contributed by atoms with Crippen LogP contribution in [0.2, 0.25) is 0 Å². The van der Waals surface area contributed by atoms with Gasteiger partial charge in [0.15, 0.2) is 0 Å². The number of nitrogens with zero attached hydrogens (tertiary/aromatic N) is 2. The largest absolute Gasteiger partial charge is 0.316 e. The highest BCUT2D eigenvalue weighted by Gasteiger charge is 2.15. The van der Waals surface area contributed by atoms with Crippen molar-refractivity contribution >= 4 is 31.6 Å². The van der Waals surface area contributed by atoms with Crippen LogP contribution >= 0.6 is 11.3 Å². The van der Waals surface area contributed by atoms with Gasteiger partial charge < -0.3 is 4.57 Å². The van der Waals surface area contributed by atoms with Crippen LogP contribution in [0.3, 0.4) is 0 Å². The zero-order valence-corrected chi connectivity index (χ0v) is 15.9. The lowest BCUT2D eigenvalue weighted by molar-refractivity contribution is 0.594. The summed E-state index contributed by atoms with van der Waals surface area (Å²) in [6.45, 7) is 6.80. The highest BCUT2D eigenvalue weighted by atomic mass is 32.2. The number of fused-ring (bicyclic) bond motifs is 1. The van der Waals surface area contributed by atoms with Crippen molar-refractivity contribution in [2.75, 3.05) is 0 Å². The zero-order chi connectivity index (χ0) is 18.2. The molecule has 0 bridgehead atoms. The van der Waals surface area contributed by atoms with E-state index in [0.29, 0.717) is 17.3 Å². The molecule has 0 unspecified atom stereocenters. The monoisotopic (exact) mass is 378 g/mol. The molecule has 0 spiro atoms. The van der Waals surface area contributed by atoms with E-state index in [0.717, 1.165) is 22.3 Å². The minimum atomic E-state index is -3.89. The Morgan fingerprint density at radius 3 is 2.44 bits per heavy atom. The first-order valence-electron chi connectivity index (χ1n) is 8.01. The molecule has 0 radical (unpaired) electrons. The summed E-state index contributed by atoms with van der Waals surface area (Å²) in [4.78, 5) is 0.402. The van der Waals surface area contributed by atoms with Crippen molar-refractivity contribution in [3.05, 3.63) is 58.6 Å². The lowest BCUT2D eigenvalue weighted by Gasteiger charge is -2.05. The molecule has 3 aromatic rings. The van der Waals surface area contributed by atoms with Crippen molar-refractivity contribution in [2.24, 2.45) is 4.40 Å². The molecule has 2 aromatic carbocycles. The number of hydrogen-bond acceptors (Lipinski definition) is 3. The SMILES string of the molecule is CCn1/c(=N/S(=O)(=O)c2ccc(F)cc2)sc2cc(C(C)C)ccc21. The molecular formula is C18H19FN2O2S2. The van der Waals surface area contributed by atoms with Gasteiger partial charge in [0.2, 0.25) is 4.80 Å². The Kier molecular flexibility index (Phi) is 4.79. The predicted octanol–water partition coefficient (Wildman–Crippen LogP) is 4.27. The van der Waals surface area contributed by atoms with Crippen LogP contribution < -0.4 is 4.80 Å². The molecule has 0 aliphatic rings. The Balaban J connectivity index is 2.19. The standard InChI is InChI=1S/C18H19FN2O2S2/c1-4-21-16-10-5-13(12(2)3)11-17(16)24-18(21)20-25(22,23)15-8-6-14(19)7-9-15/h5-12H,4H2,1-3H3/b20-18-. The van der Waals surface area contributed by atoms with Crippen molar-refractivity contribution in [1.82, 2.24) is 4.57 Å². The van der Waals surface area contributed by atoms with E-state index < -0.39 is 15.8 Å². The molecule has 3 rings (SSSR count). The van der Waals surface area contributed by atoms with Crippen LogP contribution in [0.1, 0.15) is 32.3 Å². The Morgan fingerprint density at radius 2 is 1.84 bits per heavy atom. The second-order valence-electron chi connectivity index (χ2n) is 6.03. The number of benzene rings is 2. The Bertz CT molecular complexity index is 1080. The van der Waals surface area contributed by atoms with E-state index in [4.69, 9.17) is 0 Å². The van der Waals surface area contributed by atoms with Gasteiger partial charge in [-0.2, -0.15) is 8.42 Å². The number of hydrogen-bond donors (Lipinski definition) is 0. The first-order valence-corrected chi connectivity index (χ1v) is 10.3. The lowest BCUT2D eigenvalue weighted by Crippen LogP contribution is -2.16. The summed E-state index contributed by atoms with van der Waals surface area (Å²) < 4.78 is 45.0. The summed E-state index contributed by atoms with van der Waals surface area (Å²) in [5, 5.41) is 0. The van der Waals surface area contributed by atoms with Crippen LogP contribution in [0.5, 0.6) is 0 Å². The van der Waals surface area contributed by atoms with E-state index in [1.165, 1.54) is 29.0 Å². The molecule has 4 nitrogen and oxygen atoms in total. The normalized spacial score (nSPS) is 13.1. The first kappa shape index (κ1) is 17.8. The maximum Gasteiger partial charge on any atom is 0.285 e. The van der Waals surface area contributed by atoms with Crippen LogP contribution in [0.4, 0.5) is 4.39 Å². The topological polar surface area (TPSA) is 51.4 Å². The summed E-state index contributed by atoms with van der Waals surface area (Å²) in [6, 6.07) is 10.9. The van der Waals surface area contributed by atoms with Gasteiger partial charge in [-0.15, -0.1) is 4.40 Å². The van der Waals surface area contributed by atoms with Gasteiger partial charge in [-0.25, -0.2) is 4.39 Å². The van der Waals surface area contributed by atoms with Gasteiger partial charge in [-0.05, 0) is 54.8 Å². The molecule has 25 heavy (non-hydrogen) atoms. The number of rotatable bonds is 4. The second-order valence-corrected chi connectivity index (χ2v) is 8.64. The lowest BCUT2D eigenvalue weighted by atomic mass is 10.0. The van der Waals surface area contributed by atoms with E-state index in [-0.39, 0.29) is 4.90 Å². The minimum Gasteiger partial charge on any atom is -0.316 e. The van der Waals surface area contributed by atoms with Crippen LogP contribution in [0, 0.1) is 5.82 Å². The maximum absolute atomic E-state index is 13.0. The predicted molar refractivity (Wildman–Crippen MR) is 98.7 cm³/mol. The van der Waals surface area contributed by atoms with E-state index in [1.54, 1.807) is 0 Å². The van der Waals surface area contributed by atoms with Gasteiger partial charge in [0.1, 0.15) is 5.82 Å². The smallest absolute Gasteiger partial charge is 0.285 e. The molecule has 0 atom stereocenters. The molecule has 0 aliphatic carbocycles. The van der Waals surface area contributed by atoms with Crippen LogP contribution in [-0.4, -0.2) is 13.0 Å². The van der Waals surface area contributed by atoms with Crippen molar-refractivity contribution in [3.63, 3.8) is 0 Å². The van der Waals surface area contributed by atoms with Gasteiger partial charge >= 0.3 is 0 Å². The number of sulfonamides is 1. The number of aromatic nitrogens is 1. The van der Waals surface area contributed by atoms with Crippen molar-refractivity contribution in [1.29, 1.82) is 0 Å². The summed E-state index contributed by atoms with van der Waals surface area (Å²) in [5.74, 6) is -0.0874. The highest BCUT2D eigenvalue weighted by Crippen LogP contribution is 2.24. The molecule has 0 fully saturated rings. The van der Waals surface area contributed by atoms with Crippen LogP contribution in [0.15, 0.2) is 51.8 Å². The number of thiazole rings is 1. The molecule has 0 saturated carbocycles. The first-order chi connectivity index (χ1) is 11.8. The summed E-state index contributed by atoms with van der Waals surface area (Å²) in [6.07, 6.45) is 0. The van der Waals surface area contributed by atoms with Crippen LogP contribution in [-0.2, 0) is 16.6 Å². The zero-order valence-electron chi connectivity index (χ0n) is 14.2. The highest BCUT2D eigenvalue weighted by molar-refractivity contribution is 7.90. The quantitative estimate of drug-likeness (QED) is 0.681. The third-order valence-electron chi connectivity index (χ3n) is 4.00. The molecular weight excluding hydrogens is 359 g/mol. The molecule has 0 saturated heterocycles. The van der Waals surface area contributed by atoms with Crippen molar-refractivity contribution in [3.8, 4) is 0 Å². The van der Waals surface area contributed by atoms with E-state index in [2.05, 4.69) is 30.4 Å². The Morgan fingerprint density at radius 1 is 1.16 bits per heavy atom. The minimum absolute atomic E-state index is 0.0168. The Hall–Kier alpha value is -1.99. The molecule has 132 valence electrons. The summed E-state index contributed by atoms with van der Waals surface area (Å²) >= 11 is 1.35. The van der Waals surface area contributed by atoms with Crippen LogP contribution in [0.25, 0.3) is 10.2 Å². The molecule has 0 amide bonds. The maximum atomic E-state index is 13.0. The van der Waals surface area contributed by atoms with Crippen molar-refractivity contribution in [2.45, 2.75) is 38.1 Å². The molecule has 1 aromatic heterocycles. The summed E-state index contributed by atoms with van der Waals surface area (Å²) in [5.41, 5.74) is 2.16. The molecule has 1 heterocycles. The van der Waals surface area contributed by atoms with Gasteiger partial charge in [0.05, 0.1) is 15.1 Å². The van der Waals surface area contributed by atoms with Gasteiger partial charge in [-0.3, -0.25) is 0 Å². The summed E-state index contributed by atoms with van der Waals surface area (Å²) in [7, 11) is -3.89. The average Bonchev–Trinajstić information content (AvgIpc) is 2.90. The van der Waals surface area contributed by atoms with Gasteiger partial charge in [0, 0.05) is 6.54 Å². The molecule has 7 heteroatoms. The number of aryl methyl sites for hydroxylation is 1. The fraction of sp³-hybridized carbons (Fsp3) is 0.278. The number of halogens is 1.